The van der Waals surface area contributed by atoms with Crippen LogP contribution in [-0.2, 0) is 14.4 Å². The maximum absolute atomic E-state index is 11.7. The molecule has 3 amide bonds. The molecule has 2 aliphatic rings. The summed E-state index contributed by atoms with van der Waals surface area (Å²) in [6.45, 7) is 6.77. The third-order valence-corrected chi connectivity index (χ3v) is 3.91. The van der Waals surface area contributed by atoms with Crippen LogP contribution in [0.2, 0.25) is 0 Å². The van der Waals surface area contributed by atoms with Gasteiger partial charge in [0.15, 0.2) is 0 Å². The molecule has 1 N–H and O–H groups in total. The number of imide groups is 1. The fraction of sp³-hybridized carbons (Fsp3) is 0.562. The van der Waals surface area contributed by atoms with Gasteiger partial charge in [-0.25, -0.2) is 0 Å². The molecule has 22 heavy (non-hydrogen) atoms. The molecule has 0 saturated heterocycles. The number of hydrogen-bond acceptors (Lipinski definition) is 4. The number of hydrogen-bond donors (Lipinski definition) is 1. The summed E-state index contributed by atoms with van der Waals surface area (Å²) in [5.74, 6) is -0.638. The van der Waals surface area contributed by atoms with Gasteiger partial charge < -0.3 is 10.0 Å². The molecule has 0 aromatic heterocycles. The van der Waals surface area contributed by atoms with Crippen LogP contribution in [-0.4, -0.2) is 51.9 Å². The average Bonchev–Trinajstić information content (AvgIpc) is 2.88. The van der Waals surface area contributed by atoms with Gasteiger partial charge in [0.2, 0.25) is 5.91 Å². The van der Waals surface area contributed by atoms with Crippen molar-refractivity contribution in [2.45, 2.75) is 33.4 Å². The molecule has 0 spiro atoms. The second kappa shape index (κ2) is 6.04. The van der Waals surface area contributed by atoms with E-state index >= 15 is 0 Å². The topological polar surface area (TPSA) is 77.9 Å². The van der Waals surface area contributed by atoms with Crippen LogP contribution in [0.4, 0.5) is 0 Å². The molecule has 0 bridgehead atoms. The summed E-state index contributed by atoms with van der Waals surface area (Å²) in [6, 6.07) is 0. The van der Waals surface area contributed by atoms with Crippen LogP contribution in [0.5, 0.6) is 0 Å². The fourth-order valence-electron chi connectivity index (χ4n) is 3.13. The molecule has 6 heteroatoms. The first kappa shape index (κ1) is 16.4. The summed E-state index contributed by atoms with van der Waals surface area (Å²) in [5.41, 5.74) is -0.235. The van der Waals surface area contributed by atoms with Crippen molar-refractivity contribution >= 4 is 17.7 Å². The van der Waals surface area contributed by atoms with E-state index < -0.39 is 6.23 Å². The number of aliphatic hydroxyl groups excluding tert-OH is 1. The minimum atomic E-state index is -0.868. The third kappa shape index (κ3) is 3.62. The zero-order valence-electron chi connectivity index (χ0n) is 13.2. The summed E-state index contributed by atoms with van der Waals surface area (Å²) in [4.78, 5) is 37.5. The van der Waals surface area contributed by atoms with E-state index in [9.17, 15) is 19.5 Å². The van der Waals surface area contributed by atoms with Crippen LogP contribution in [0.25, 0.3) is 0 Å². The van der Waals surface area contributed by atoms with E-state index in [2.05, 4.69) is 0 Å². The van der Waals surface area contributed by atoms with E-state index in [1.807, 2.05) is 20.8 Å². The zero-order chi connectivity index (χ0) is 16.5. The van der Waals surface area contributed by atoms with E-state index in [1.54, 1.807) is 0 Å². The maximum Gasteiger partial charge on any atom is 0.253 e. The standard InChI is InChI=1S/C16H22N2O4/c1-11(9-17-12(19)4-5-13(17)20)8-16(2,3)10-18-14(21)6-7-15(18)22/h4-7,11,14,21H,8-10H2,1-3H3. The van der Waals surface area contributed by atoms with Gasteiger partial charge in [-0.1, -0.05) is 20.8 Å². The van der Waals surface area contributed by atoms with E-state index in [0.29, 0.717) is 13.1 Å². The Morgan fingerprint density at radius 3 is 2.23 bits per heavy atom. The minimum Gasteiger partial charge on any atom is -0.370 e. The lowest BCUT2D eigenvalue weighted by Crippen LogP contribution is -2.42. The Morgan fingerprint density at radius 1 is 1.14 bits per heavy atom. The Bertz CT molecular complexity index is 532. The van der Waals surface area contributed by atoms with Crippen molar-refractivity contribution in [1.82, 2.24) is 9.80 Å². The first-order chi connectivity index (χ1) is 10.2. The quantitative estimate of drug-likeness (QED) is 0.732. The highest BCUT2D eigenvalue weighted by molar-refractivity contribution is 6.12. The Labute approximate surface area is 130 Å². The Balaban J connectivity index is 1.89. The second-order valence-electron chi connectivity index (χ2n) is 6.83. The molecule has 2 aliphatic heterocycles. The van der Waals surface area contributed by atoms with Crippen LogP contribution < -0.4 is 0 Å². The van der Waals surface area contributed by atoms with E-state index in [1.165, 1.54) is 34.1 Å². The summed E-state index contributed by atoms with van der Waals surface area (Å²) >= 11 is 0. The van der Waals surface area contributed by atoms with E-state index in [4.69, 9.17) is 0 Å². The van der Waals surface area contributed by atoms with Gasteiger partial charge in [-0.15, -0.1) is 0 Å². The van der Waals surface area contributed by atoms with Crippen molar-refractivity contribution in [3.63, 3.8) is 0 Å². The highest BCUT2D eigenvalue weighted by Crippen LogP contribution is 2.29. The molecule has 0 aromatic carbocycles. The van der Waals surface area contributed by atoms with Crippen LogP contribution in [0.3, 0.4) is 0 Å². The first-order valence-corrected chi connectivity index (χ1v) is 7.40. The van der Waals surface area contributed by atoms with Gasteiger partial charge in [0.25, 0.3) is 11.8 Å². The summed E-state index contributed by atoms with van der Waals surface area (Å²) in [6.07, 6.45) is 5.26. The highest BCUT2D eigenvalue weighted by atomic mass is 16.3. The van der Waals surface area contributed by atoms with Crippen LogP contribution in [0.1, 0.15) is 27.2 Å². The van der Waals surface area contributed by atoms with Gasteiger partial charge in [0, 0.05) is 31.3 Å². The maximum atomic E-state index is 11.7. The van der Waals surface area contributed by atoms with Gasteiger partial charge >= 0.3 is 0 Å². The SMILES string of the molecule is CC(CN1C(=O)C=CC1=O)CC(C)(C)CN1C(=O)C=CC1O. The molecular weight excluding hydrogens is 284 g/mol. The van der Waals surface area contributed by atoms with Crippen molar-refractivity contribution in [3.05, 3.63) is 24.3 Å². The molecule has 2 rings (SSSR count). The van der Waals surface area contributed by atoms with Crippen LogP contribution in [0.15, 0.2) is 24.3 Å². The predicted octanol–water partition coefficient (Wildman–Crippen LogP) is 0.681. The van der Waals surface area contributed by atoms with Crippen molar-refractivity contribution in [2.24, 2.45) is 11.3 Å². The molecule has 2 atom stereocenters. The first-order valence-electron chi connectivity index (χ1n) is 7.40. The number of carbonyl (C=O) groups is 3. The Hall–Kier alpha value is -1.95. The predicted molar refractivity (Wildman–Crippen MR) is 80.3 cm³/mol. The number of carbonyl (C=O) groups excluding carboxylic acids is 3. The Kier molecular flexibility index (Phi) is 4.51. The smallest absolute Gasteiger partial charge is 0.253 e. The molecule has 120 valence electrons. The van der Waals surface area contributed by atoms with Gasteiger partial charge in [0.1, 0.15) is 6.23 Å². The normalized spacial score (nSPS) is 23.1. The van der Waals surface area contributed by atoms with Gasteiger partial charge in [-0.05, 0) is 23.8 Å². The summed E-state index contributed by atoms with van der Waals surface area (Å²) < 4.78 is 0. The van der Waals surface area contributed by atoms with Crippen molar-refractivity contribution in [1.29, 1.82) is 0 Å². The lowest BCUT2D eigenvalue weighted by atomic mass is 9.82. The third-order valence-electron chi connectivity index (χ3n) is 3.91. The Morgan fingerprint density at radius 2 is 1.73 bits per heavy atom. The minimum absolute atomic E-state index is 0.102. The van der Waals surface area contributed by atoms with Gasteiger partial charge in [-0.2, -0.15) is 0 Å². The number of rotatable bonds is 6. The largest absolute Gasteiger partial charge is 0.370 e. The molecule has 2 unspecified atom stereocenters. The van der Waals surface area contributed by atoms with E-state index in [0.717, 1.165) is 6.42 Å². The van der Waals surface area contributed by atoms with Crippen molar-refractivity contribution in [3.8, 4) is 0 Å². The van der Waals surface area contributed by atoms with Crippen molar-refractivity contribution < 1.29 is 19.5 Å². The number of aliphatic hydroxyl groups is 1. The molecule has 0 radical (unpaired) electrons. The lowest BCUT2D eigenvalue weighted by molar-refractivity contribution is -0.137. The highest BCUT2D eigenvalue weighted by Gasteiger charge is 2.33. The average molecular weight is 306 g/mol. The monoisotopic (exact) mass is 306 g/mol. The lowest BCUT2D eigenvalue weighted by Gasteiger charge is -2.34. The molecular formula is C16H22N2O4. The molecule has 0 saturated carbocycles. The molecule has 0 fully saturated rings. The van der Waals surface area contributed by atoms with Crippen molar-refractivity contribution in [2.75, 3.05) is 13.1 Å². The van der Waals surface area contributed by atoms with E-state index in [-0.39, 0.29) is 29.1 Å². The van der Waals surface area contributed by atoms with Gasteiger partial charge in [-0.3, -0.25) is 19.3 Å². The molecule has 0 aliphatic carbocycles. The molecule has 0 aromatic rings. The molecule has 2 heterocycles. The van der Waals surface area contributed by atoms with Gasteiger partial charge in [0.05, 0.1) is 0 Å². The van der Waals surface area contributed by atoms with Crippen LogP contribution >= 0.6 is 0 Å². The zero-order valence-corrected chi connectivity index (χ0v) is 13.2. The second-order valence-corrected chi connectivity index (χ2v) is 6.83. The van der Waals surface area contributed by atoms with Crippen LogP contribution in [0, 0.1) is 11.3 Å². The number of nitrogens with zero attached hydrogens (tertiary/aromatic N) is 2. The summed E-state index contributed by atoms with van der Waals surface area (Å²) in [5, 5.41) is 9.77. The fourth-order valence-corrected chi connectivity index (χ4v) is 3.13. The number of amides is 3. The molecule has 6 nitrogen and oxygen atoms in total. The summed E-state index contributed by atoms with van der Waals surface area (Å²) in [7, 11) is 0.